The smallest absolute Gasteiger partial charge is 0.188 e. The number of tetrazole rings is 1. The van der Waals surface area contributed by atoms with Gasteiger partial charge in [-0.15, -0.1) is 10.2 Å². The van der Waals surface area contributed by atoms with Crippen molar-refractivity contribution < 1.29 is 9.47 Å². The van der Waals surface area contributed by atoms with Gasteiger partial charge < -0.3 is 14.8 Å². The number of methoxy groups -OCH3 is 2. The Hall–Kier alpha value is -1.05. The summed E-state index contributed by atoms with van der Waals surface area (Å²) >= 11 is 0. The molecule has 7 heteroatoms. The van der Waals surface area contributed by atoms with Crippen molar-refractivity contribution in [3.8, 4) is 0 Å². The Morgan fingerprint density at radius 1 is 1.47 bits per heavy atom. The second-order valence-electron chi connectivity index (χ2n) is 3.14. The zero-order valence-corrected chi connectivity index (χ0v) is 9.30. The van der Waals surface area contributed by atoms with Gasteiger partial charge in [0.2, 0.25) is 0 Å². The van der Waals surface area contributed by atoms with E-state index in [9.17, 15) is 0 Å². The Morgan fingerprint density at radius 2 is 2.27 bits per heavy atom. The van der Waals surface area contributed by atoms with Crippen molar-refractivity contribution in [3.05, 3.63) is 5.82 Å². The van der Waals surface area contributed by atoms with E-state index in [0.717, 1.165) is 0 Å². The number of nitrogens with zero attached hydrogens (tertiary/aromatic N) is 4. The lowest BCUT2D eigenvalue weighted by atomic mass is 10.3. The van der Waals surface area contributed by atoms with Crippen LogP contribution < -0.4 is 5.32 Å². The predicted molar refractivity (Wildman–Crippen MR) is 53.2 cm³/mol. The molecule has 1 rings (SSSR count). The monoisotopic (exact) mass is 215 g/mol. The zero-order chi connectivity index (χ0) is 11.1. The van der Waals surface area contributed by atoms with Crippen molar-refractivity contribution in [1.29, 1.82) is 0 Å². The molecule has 0 radical (unpaired) electrons. The maximum absolute atomic E-state index is 5.18. The first kappa shape index (κ1) is 12.0. The second-order valence-corrected chi connectivity index (χ2v) is 3.14. The van der Waals surface area contributed by atoms with Gasteiger partial charge in [-0.3, -0.25) is 0 Å². The number of rotatable bonds is 7. The lowest BCUT2D eigenvalue weighted by molar-refractivity contribution is 0.0287. The fourth-order valence-corrected chi connectivity index (χ4v) is 1.14. The molecular formula is C8H17N5O2. The third kappa shape index (κ3) is 4.32. The normalized spacial score (nSPS) is 13.0. The van der Waals surface area contributed by atoms with Crippen LogP contribution in [0.25, 0.3) is 0 Å². The third-order valence-corrected chi connectivity index (χ3v) is 1.89. The number of aromatic nitrogens is 4. The molecule has 0 aliphatic rings. The summed E-state index contributed by atoms with van der Waals surface area (Å²) in [7, 11) is 5.04. The van der Waals surface area contributed by atoms with E-state index in [1.165, 1.54) is 4.80 Å². The van der Waals surface area contributed by atoms with Gasteiger partial charge in [-0.1, -0.05) is 0 Å². The zero-order valence-electron chi connectivity index (χ0n) is 9.30. The topological polar surface area (TPSA) is 74.1 Å². The van der Waals surface area contributed by atoms with Gasteiger partial charge in [0, 0.05) is 20.8 Å². The highest BCUT2D eigenvalue weighted by Crippen LogP contribution is 1.90. The predicted octanol–water partition coefficient (Wildman–Crippen LogP) is -1.04. The minimum absolute atomic E-state index is 0.0478. The quantitative estimate of drug-likeness (QED) is 0.626. The first-order valence-corrected chi connectivity index (χ1v) is 4.71. The molecule has 0 amide bonds. The highest BCUT2D eigenvalue weighted by molar-refractivity contribution is 4.75. The van der Waals surface area contributed by atoms with E-state index in [-0.39, 0.29) is 6.10 Å². The minimum Gasteiger partial charge on any atom is -0.382 e. The fraction of sp³-hybridized carbons (Fsp3) is 0.875. The van der Waals surface area contributed by atoms with Gasteiger partial charge in [-0.2, -0.15) is 4.80 Å². The van der Waals surface area contributed by atoms with Crippen molar-refractivity contribution in [2.75, 3.05) is 27.4 Å². The van der Waals surface area contributed by atoms with E-state index < -0.39 is 0 Å². The molecule has 1 aromatic heterocycles. The molecule has 1 N–H and O–H groups in total. The highest BCUT2D eigenvalue weighted by Gasteiger charge is 2.06. The first-order valence-electron chi connectivity index (χ1n) is 4.71. The fourth-order valence-electron chi connectivity index (χ4n) is 1.14. The molecule has 0 aromatic carbocycles. The van der Waals surface area contributed by atoms with E-state index in [2.05, 4.69) is 20.7 Å². The van der Waals surface area contributed by atoms with Crippen LogP contribution in [0.1, 0.15) is 5.82 Å². The van der Waals surface area contributed by atoms with Gasteiger partial charge in [0.05, 0.1) is 26.3 Å². The summed E-state index contributed by atoms with van der Waals surface area (Å²) in [6.45, 7) is 1.84. The molecule has 0 bridgehead atoms. The van der Waals surface area contributed by atoms with Crippen LogP contribution >= 0.6 is 0 Å². The van der Waals surface area contributed by atoms with Crippen molar-refractivity contribution in [2.45, 2.75) is 12.6 Å². The number of aryl methyl sites for hydroxylation is 1. The summed E-state index contributed by atoms with van der Waals surface area (Å²) in [5.41, 5.74) is 0. The Bertz CT molecular complexity index is 278. The summed E-state index contributed by atoms with van der Waals surface area (Å²) in [5, 5.41) is 14.8. The highest BCUT2D eigenvalue weighted by atomic mass is 16.5. The standard InChI is InChI=1S/C8H17N5O2/c1-13-11-8(10-12-13)5-9-4-7(15-3)6-14-2/h7,9H,4-6H2,1-3H3. The van der Waals surface area contributed by atoms with E-state index >= 15 is 0 Å². The van der Waals surface area contributed by atoms with Gasteiger partial charge in [-0.05, 0) is 5.21 Å². The summed E-state index contributed by atoms with van der Waals surface area (Å²) < 4.78 is 10.2. The molecule has 0 saturated carbocycles. The summed E-state index contributed by atoms with van der Waals surface area (Å²) in [4.78, 5) is 1.43. The van der Waals surface area contributed by atoms with Crippen molar-refractivity contribution >= 4 is 0 Å². The van der Waals surface area contributed by atoms with Gasteiger partial charge in [-0.25, -0.2) is 0 Å². The molecule has 15 heavy (non-hydrogen) atoms. The van der Waals surface area contributed by atoms with Gasteiger partial charge in [0.1, 0.15) is 0 Å². The van der Waals surface area contributed by atoms with Crippen molar-refractivity contribution in [3.63, 3.8) is 0 Å². The molecule has 1 aromatic rings. The number of hydrogen-bond acceptors (Lipinski definition) is 6. The average Bonchev–Trinajstić information content (AvgIpc) is 2.63. The lowest BCUT2D eigenvalue weighted by Crippen LogP contribution is -2.31. The van der Waals surface area contributed by atoms with Gasteiger partial charge in [0.25, 0.3) is 0 Å². The SMILES string of the molecule is COCC(CNCc1nnn(C)n1)OC. The summed E-state index contributed by atoms with van der Waals surface area (Å²) in [6.07, 6.45) is 0.0478. The van der Waals surface area contributed by atoms with Gasteiger partial charge >= 0.3 is 0 Å². The Balaban J connectivity index is 2.20. The molecule has 0 aliphatic carbocycles. The molecule has 1 heterocycles. The largest absolute Gasteiger partial charge is 0.382 e. The average molecular weight is 215 g/mol. The maximum atomic E-state index is 5.18. The first-order chi connectivity index (χ1) is 7.26. The number of ether oxygens (including phenoxy) is 2. The second kappa shape index (κ2) is 6.44. The molecule has 0 aliphatic heterocycles. The van der Waals surface area contributed by atoms with E-state index in [0.29, 0.717) is 25.5 Å². The minimum atomic E-state index is 0.0478. The molecular weight excluding hydrogens is 198 g/mol. The number of hydrogen-bond donors (Lipinski definition) is 1. The Morgan fingerprint density at radius 3 is 2.80 bits per heavy atom. The van der Waals surface area contributed by atoms with Crippen LogP contribution in [0.2, 0.25) is 0 Å². The van der Waals surface area contributed by atoms with E-state index in [4.69, 9.17) is 9.47 Å². The molecule has 7 nitrogen and oxygen atoms in total. The summed E-state index contributed by atoms with van der Waals surface area (Å²) in [6, 6.07) is 0. The van der Waals surface area contributed by atoms with Crippen LogP contribution in [0.5, 0.6) is 0 Å². The van der Waals surface area contributed by atoms with E-state index in [1.54, 1.807) is 21.3 Å². The Labute approximate surface area is 88.7 Å². The van der Waals surface area contributed by atoms with Crippen molar-refractivity contribution in [1.82, 2.24) is 25.5 Å². The molecule has 0 spiro atoms. The molecule has 1 unspecified atom stereocenters. The lowest BCUT2D eigenvalue weighted by Gasteiger charge is -2.13. The molecule has 1 atom stereocenters. The molecule has 0 saturated heterocycles. The van der Waals surface area contributed by atoms with E-state index in [1.807, 2.05) is 0 Å². The molecule has 0 fully saturated rings. The Kier molecular flexibility index (Phi) is 5.16. The van der Waals surface area contributed by atoms with Crippen LogP contribution in [0.3, 0.4) is 0 Å². The molecule has 86 valence electrons. The third-order valence-electron chi connectivity index (χ3n) is 1.89. The van der Waals surface area contributed by atoms with Crippen LogP contribution in [0, 0.1) is 0 Å². The summed E-state index contributed by atoms with van der Waals surface area (Å²) in [5.74, 6) is 0.671. The van der Waals surface area contributed by atoms with Gasteiger partial charge in [0.15, 0.2) is 5.82 Å². The van der Waals surface area contributed by atoms with Crippen molar-refractivity contribution in [2.24, 2.45) is 7.05 Å². The van der Waals surface area contributed by atoms with Crippen LogP contribution in [0.4, 0.5) is 0 Å². The maximum Gasteiger partial charge on any atom is 0.188 e. The van der Waals surface area contributed by atoms with Crippen LogP contribution in [-0.4, -0.2) is 53.7 Å². The number of nitrogens with one attached hydrogen (secondary N) is 1. The van der Waals surface area contributed by atoms with Crippen LogP contribution in [0.15, 0.2) is 0 Å². The van der Waals surface area contributed by atoms with Crippen LogP contribution in [-0.2, 0) is 23.1 Å².